The number of para-hydroxylation sites is 2. The van der Waals surface area contributed by atoms with Gasteiger partial charge in [-0.25, -0.2) is 4.99 Å². The SMILES string of the molecule is Cc1cc2c(s1)Nc1ccccc1N=C2N1CCN(C)CC1.O=C(O)CC(=O)O. The number of carboxylic acid groups (broad SMARTS) is 2. The second-order valence-corrected chi connectivity index (χ2v) is 8.19. The van der Waals surface area contributed by atoms with E-state index >= 15 is 0 Å². The van der Waals surface area contributed by atoms with Crippen LogP contribution in [0.4, 0.5) is 16.4 Å². The molecule has 0 spiro atoms. The fraction of sp³-hybridized carbons (Fsp3) is 0.350. The molecule has 154 valence electrons. The Kier molecular flexibility index (Phi) is 6.50. The molecule has 4 rings (SSSR count). The Bertz CT molecular complexity index is 920. The number of aryl methyl sites for hydroxylation is 1. The number of carbonyl (C=O) groups is 2. The molecule has 2 aliphatic heterocycles. The fourth-order valence-corrected chi connectivity index (χ4v) is 4.06. The number of nitrogens with zero attached hydrogens (tertiary/aromatic N) is 3. The number of anilines is 2. The van der Waals surface area contributed by atoms with Gasteiger partial charge in [0, 0.05) is 31.1 Å². The minimum atomic E-state index is -1.31. The number of piperazine rings is 1. The third-order valence-corrected chi connectivity index (χ3v) is 5.55. The smallest absolute Gasteiger partial charge is 0.314 e. The highest BCUT2D eigenvalue weighted by Gasteiger charge is 2.25. The van der Waals surface area contributed by atoms with Gasteiger partial charge in [-0.2, -0.15) is 0 Å². The lowest BCUT2D eigenvalue weighted by molar-refractivity contribution is -0.147. The highest BCUT2D eigenvalue weighted by atomic mass is 32.1. The van der Waals surface area contributed by atoms with Crippen molar-refractivity contribution in [3.63, 3.8) is 0 Å². The maximum Gasteiger partial charge on any atom is 0.314 e. The quantitative estimate of drug-likeness (QED) is 0.646. The Morgan fingerprint density at radius 2 is 1.79 bits per heavy atom. The van der Waals surface area contributed by atoms with Crippen LogP contribution in [0.3, 0.4) is 0 Å². The van der Waals surface area contributed by atoms with E-state index in [-0.39, 0.29) is 0 Å². The predicted octanol–water partition coefficient (Wildman–Crippen LogP) is 2.98. The van der Waals surface area contributed by atoms with Gasteiger partial charge in [-0.1, -0.05) is 12.1 Å². The first-order chi connectivity index (χ1) is 13.8. The fourth-order valence-electron chi connectivity index (χ4n) is 3.14. The summed E-state index contributed by atoms with van der Waals surface area (Å²) >= 11 is 1.81. The number of rotatable bonds is 2. The number of nitrogens with one attached hydrogen (secondary N) is 1. The zero-order valence-corrected chi connectivity index (χ0v) is 17.2. The Labute approximate surface area is 173 Å². The third kappa shape index (κ3) is 5.33. The van der Waals surface area contributed by atoms with Crippen LogP contribution in [0.25, 0.3) is 0 Å². The molecule has 2 aromatic rings. The molecule has 0 saturated carbocycles. The van der Waals surface area contributed by atoms with Gasteiger partial charge in [0.2, 0.25) is 0 Å². The van der Waals surface area contributed by atoms with E-state index in [9.17, 15) is 9.59 Å². The van der Waals surface area contributed by atoms with Crippen LogP contribution >= 0.6 is 11.3 Å². The number of fused-ring (bicyclic) bond motifs is 2. The van der Waals surface area contributed by atoms with E-state index in [2.05, 4.69) is 59.4 Å². The van der Waals surface area contributed by atoms with Crippen molar-refractivity contribution in [2.24, 2.45) is 4.99 Å². The van der Waals surface area contributed by atoms with Crippen LogP contribution in [-0.4, -0.2) is 71.0 Å². The normalized spacial score (nSPS) is 15.7. The first-order valence-corrected chi connectivity index (χ1v) is 10.1. The maximum absolute atomic E-state index is 9.43. The summed E-state index contributed by atoms with van der Waals surface area (Å²) in [5.41, 5.74) is 3.36. The van der Waals surface area contributed by atoms with Crippen LogP contribution in [0.1, 0.15) is 16.9 Å². The molecule has 8 nitrogen and oxygen atoms in total. The van der Waals surface area contributed by atoms with Crippen molar-refractivity contribution in [1.29, 1.82) is 0 Å². The summed E-state index contributed by atoms with van der Waals surface area (Å²) in [6, 6.07) is 10.6. The number of aliphatic carboxylic acids is 2. The molecule has 2 aliphatic rings. The van der Waals surface area contributed by atoms with E-state index in [1.54, 1.807) is 11.3 Å². The van der Waals surface area contributed by atoms with Gasteiger partial charge in [-0.3, -0.25) is 9.59 Å². The van der Waals surface area contributed by atoms with Crippen molar-refractivity contribution < 1.29 is 19.8 Å². The van der Waals surface area contributed by atoms with Gasteiger partial charge in [0.25, 0.3) is 0 Å². The Morgan fingerprint density at radius 3 is 2.41 bits per heavy atom. The molecule has 3 N–H and O–H groups in total. The highest BCUT2D eigenvalue weighted by Crippen LogP contribution is 2.39. The number of carboxylic acids is 2. The Morgan fingerprint density at radius 1 is 1.14 bits per heavy atom. The molecule has 1 aromatic heterocycles. The minimum absolute atomic E-state index is 0.806. The zero-order chi connectivity index (χ0) is 21.0. The summed E-state index contributed by atoms with van der Waals surface area (Å²) in [4.78, 5) is 30.0. The van der Waals surface area contributed by atoms with Crippen molar-refractivity contribution >= 4 is 45.5 Å². The molecule has 0 atom stereocenters. The molecule has 0 bridgehead atoms. The molecule has 3 heterocycles. The van der Waals surface area contributed by atoms with E-state index in [4.69, 9.17) is 15.2 Å². The summed E-state index contributed by atoms with van der Waals surface area (Å²) in [6.45, 7) is 6.41. The number of thiophene rings is 1. The number of hydrogen-bond acceptors (Lipinski definition) is 7. The zero-order valence-electron chi connectivity index (χ0n) is 16.4. The van der Waals surface area contributed by atoms with E-state index in [0.29, 0.717) is 0 Å². The topological polar surface area (TPSA) is 105 Å². The molecule has 1 saturated heterocycles. The largest absolute Gasteiger partial charge is 0.481 e. The molecule has 0 unspecified atom stereocenters. The van der Waals surface area contributed by atoms with Gasteiger partial charge in [0.05, 0.1) is 16.9 Å². The van der Waals surface area contributed by atoms with E-state index in [0.717, 1.165) is 43.4 Å². The average molecular weight is 417 g/mol. The van der Waals surface area contributed by atoms with E-state index in [1.807, 2.05) is 0 Å². The molecular weight excluding hydrogens is 392 g/mol. The van der Waals surface area contributed by atoms with Crippen LogP contribution in [0, 0.1) is 6.92 Å². The lowest BCUT2D eigenvalue weighted by Gasteiger charge is -2.34. The van der Waals surface area contributed by atoms with Crippen molar-refractivity contribution in [2.75, 3.05) is 38.5 Å². The second kappa shape index (κ2) is 9.06. The van der Waals surface area contributed by atoms with Gasteiger partial charge in [-0.15, -0.1) is 11.3 Å². The van der Waals surface area contributed by atoms with Gasteiger partial charge in [0.1, 0.15) is 17.3 Å². The molecular formula is C20H24N4O4S. The van der Waals surface area contributed by atoms with Gasteiger partial charge in [-0.05, 0) is 32.2 Å². The van der Waals surface area contributed by atoms with E-state index < -0.39 is 18.4 Å². The molecule has 0 aliphatic carbocycles. The summed E-state index contributed by atoms with van der Waals surface area (Å²) in [6.07, 6.45) is -0.806. The molecule has 0 radical (unpaired) electrons. The number of aliphatic imine (C=N–C) groups is 1. The first-order valence-electron chi connectivity index (χ1n) is 9.26. The van der Waals surface area contributed by atoms with Crippen molar-refractivity contribution in [1.82, 2.24) is 9.80 Å². The number of likely N-dealkylation sites (N-methyl/N-ethyl adjacent to an activating group) is 1. The summed E-state index contributed by atoms with van der Waals surface area (Å²) < 4.78 is 0. The number of benzene rings is 1. The van der Waals surface area contributed by atoms with E-state index in [1.165, 1.54) is 15.4 Å². The first kappa shape index (κ1) is 20.8. The van der Waals surface area contributed by atoms with Gasteiger partial charge < -0.3 is 25.3 Å². The maximum atomic E-state index is 9.43. The van der Waals surface area contributed by atoms with Crippen LogP contribution in [-0.2, 0) is 9.59 Å². The number of hydrogen-bond donors (Lipinski definition) is 3. The van der Waals surface area contributed by atoms with Gasteiger partial charge >= 0.3 is 11.9 Å². The average Bonchev–Trinajstić information content (AvgIpc) is 2.94. The molecule has 1 aromatic carbocycles. The molecule has 1 fully saturated rings. The van der Waals surface area contributed by atoms with Crippen molar-refractivity contribution in [2.45, 2.75) is 13.3 Å². The molecule has 9 heteroatoms. The summed E-state index contributed by atoms with van der Waals surface area (Å²) in [7, 11) is 2.18. The van der Waals surface area contributed by atoms with Crippen LogP contribution in [0.15, 0.2) is 35.3 Å². The second-order valence-electron chi connectivity index (χ2n) is 6.93. The standard InChI is InChI=1S/C17H20N4S.C3H4O4/c1-12-11-13-16(21-9-7-20(2)8-10-21)18-14-5-3-4-6-15(14)19-17(13)22-12;4-2(5)1-3(6)7/h3-6,11,19H,7-10H2,1-2H3;1H2,(H,4,5)(H,6,7). The van der Waals surface area contributed by atoms with Crippen LogP contribution < -0.4 is 5.32 Å². The summed E-state index contributed by atoms with van der Waals surface area (Å²) in [5, 5.41) is 20.2. The lowest BCUT2D eigenvalue weighted by atomic mass is 10.2. The highest BCUT2D eigenvalue weighted by molar-refractivity contribution is 7.16. The lowest BCUT2D eigenvalue weighted by Crippen LogP contribution is -2.47. The Hall–Kier alpha value is -2.91. The minimum Gasteiger partial charge on any atom is -0.481 e. The van der Waals surface area contributed by atoms with Crippen molar-refractivity contribution in [3.05, 3.63) is 40.8 Å². The van der Waals surface area contributed by atoms with Gasteiger partial charge in [0.15, 0.2) is 0 Å². The third-order valence-electron chi connectivity index (χ3n) is 4.58. The number of amidine groups is 1. The summed E-state index contributed by atoms with van der Waals surface area (Å²) in [5.74, 6) is -1.51. The molecule has 0 amide bonds. The van der Waals surface area contributed by atoms with Crippen LogP contribution in [0.5, 0.6) is 0 Å². The van der Waals surface area contributed by atoms with Crippen molar-refractivity contribution in [3.8, 4) is 0 Å². The Balaban J connectivity index is 0.000000298. The predicted molar refractivity (Wildman–Crippen MR) is 114 cm³/mol. The molecule has 29 heavy (non-hydrogen) atoms. The van der Waals surface area contributed by atoms with Crippen LogP contribution in [0.2, 0.25) is 0 Å². The monoisotopic (exact) mass is 416 g/mol.